The predicted molar refractivity (Wildman–Crippen MR) is 114 cm³/mol. The van der Waals surface area contributed by atoms with Gasteiger partial charge in [0, 0.05) is 10.9 Å². The first-order chi connectivity index (χ1) is 13.5. The van der Waals surface area contributed by atoms with E-state index in [0.717, 1.165) is 26.9 Å². The number of hydrogen-bond acceptors (Lipinski definition) is 6. The summed E-state index contributed by atoms with van der Waals surface area (Å²) in [5.74, 6) is 1.58. The maximum atomic E-state index is 10.7. The molecular formula is C22H21N3O2S. The van der Waals surface area contributed by atoms with Crippen molar-refractivity contribution in [1.29, 1.82) is 0 Å². The fraction of sp³-hybridized carbons (Fsp3) is 0.182. The van der Waals surface area contributed by atoms with Gasteiger partial charge in [-0.2, -0.15) is 0 Å². The molecule has 4 aromatic rings. The molecule has 0 aliphatic carbocycles. The maximum absolute atomic E-state index is 10.7. The van der Waals surface area contributed by atoms with E-state index in [4.69, 9.17) is 0 Å². The molecule has 142 valence electrons. The molecule has 0 aliphatic rings. The van der Waals surface area contributed by atoms with Crippen LogP contribution >= 0.6 is 11.3 Å². The number of fused-ring (bicyclic) bond motifs is 1. The van der Waals surface area contributed by atoms with Crippen LogP contribution < -0.4 is 5.32 Å². The molecule has 5 nitrogen and oxygen atoms in total. The summed E-state index contributed by atoms with van der Waals surface area (Å²) >= 11 is 1.59. The van der Waals surface area contributed by atoms with Crippen molar-refractivity contribution in [3.05, 3.63) is 71.4 Å². The number of rotatable bonds is 5. The van der Waals surface area contributed by atoms with E-state index in [1.54, 1.807) is 35.6 Å². The first-order valence-electron chi connectivity index (χ1n) is 9.07. The summed E-state index contributed by atoms with van der Waals surface area (Å²) in [4.78, 5) is 10.1. The second-order valence-corrected chi connectivity index (χ2v) is 7.64. The summed E-state index contributed by atoms with van der Waals surface area (Å²) in [6, 6.07) is 16.5. The lowest BCUT2D eigenvalue weighted by atomic mass is 10.0. The Morgan fingerprint density at radius 2 is 1.71 bits per heavy atom. The Morgan fingerprint density at radius 1 is 1.00 bits per heavy atom. The first kappa shape index (κ1) is 18.4. The molecule has 2 aromatic heterocycles. The number of hydrogen-bond donors (Lipinski definition) is 3. The molecular weight excluding hydrogens is 370 g/mol. The van der Waals surface area contributed by atoms with Gasteiger partial charge in [0.2, 0.25) is 0 Å². The summed E-state index contributed by atoms with van der Waals surface area (Å²) in [5.41, 5.74) is 2.92. The van der Waals surface area contributed by atoms with E-state index >= 15 is 0 Å². The van der Waals surface area contributed by atoms with Gasteiger partial charge in [-0.1, -0.05) is 42.5 Å². The second kappa shape index (κ2) is 7.58. The van der Waals surface area contributed by atoms with Crippen molar-refractivity contribution in [2.75, 3.05) is 5.32 Å². The molecule has 0 saturated carbocycles. The monoisotopic (exact) mass is 391 g/mol. The minimum atomic E-state index is -0.746. The van der Waals surface area contributed by atoms with E-state index in [0.29, 0.717) is 11.6 Å². The predicted octanol–water partition coefficient (Wildman–Crippen LogP) is 4.91. The highest BCUT2D eigenvalue weighted by molar-refractivity contribution is 7.17. The molecule has 0 fully saturated rings. The van der Waals surface area contributed by atoms with Crippen LogP contribution in [0.4, 0.5) is 5.82 Å². The minimum absolute atomic E-state index is 0.176. The number of aromatic nitrogens is 2. The van der Waals surface area contributed by atoms with E-state index < -0.39 is 6.10 Å². The fourth-order valence-corrected chi connectivity index (χ4v) is 4.23. The van der Waals surface area contributed by atoms with Crippen molar-refractivity contribution in [2.24, 2.45) is 0 Å². The van der Waals surface area contributed by atoms with Crippen molar-refractivity contribution in [3.63, 3.8) is 0 Å². The number of anilines is 1. The summed E-state index contributed by atoms with van der Waals surface area (Å²) in [6.07, 6.45) is -0.746. The lowest BCUT2D eigenvalue weighted by Crippen LogP contribution is -2.25. The van der Waals surface area contributed by atoms with Crippen LogP contribution in [0, 0.1) is 6.92 Å². The molecule has 2 heterocycles. The summed E-state index contributed by atoms with van der Waals surface area (Å²) in [6.45, 7) is 3.78. The molecule has 0 unspecified atom stereocenters. The molecule has 0 radical (unpaired) electrons. The number of benzene rings is 2. The molecule has 2 aromatic carbocycles. The molecule has 0 spiro atoms. The molecule has 0 bridgehead atoms. The number of phenolic OH excluding ortho intramolecular Hbond substituents is 1. The zero-order valence-corrected chi connectivity index (χ0v) is 16.4. The van der Waals surface area contributed by atoms with Gasteiger partial charge in [-0.05, 0) is 37.1 Å². The van der Waals surface area contributed by atoms with E-state index in [1.807, 2.05) is 32.0 Å². The first-order valence-corrected chi connectivity index (χ1v) is 9.95. The zero-order chi connectivity index (χ0) is 19.7. The Bertz CT molecular complexity index is 1090. The number of aromatic hydroxyl groups is 1. The van der Waals surface area contributed by atoms with E-state index in [-0.39, 0.29) is 11.8 Å². The van der Waals surface area contributed by atoms with Crippen LogP contribution in [0.25, 0.3) is 21.3 Å². The Labute approximate surface area is 167 Å². The van der Waals surface area contributed by atoms with Crippen LogP contribution in [0.2, 0.25) is 0 Å². The van der Waals surface area contributed by atoms with Crippen LogP contribution in [0.15, 0.2) is 60.0 Å². The molecule has 4 rings (SSSR count). The smallest absolute Gasteiger partial charge is 0.139 e. The Morgan fingerprint density at radius 3 is 2.43 bits per heavy atom. The third-order valence-corrected chi connectivity index (χ3v) is 5.57. The van der Waals surface area contributed by atoms with E-state index in [2.05, 4.69) is 32.8 Å². The minimum Gasteiger partial charge on any atom is -0.508 e. The number of aryl methyl sites for hydroxylation is 1. The summed E-state index contributed by atoms with van der Waals surface area (Å²) in [7, 11) is 0. The molecule has 0 amide bonds. The largest absolute Gasteiger partial charge is 0.508 e. The van der Waals surface area contributed by atoms with Crippen LogP contribution in [-0.2, 0) is 0 Å². The normalized spacial score (nSPS) is 13.4. The van der Waals surface area contributed by atoms with Gasteiger partial charge in [-0.25, -0.2) is 9.97 Å². The highest BCUT2D eigenvalue weighted by Crippen LogP contribution is 2.37. The number of nitrogens with zero attached hydrogens (tertiary/aromatic N) is 2. The molecule has 6 heteroatoms. The number of aliphatic hydroxyl groups excluding tert-OH is 1. The highest BCUT2D eigenvalue weighted by atomic mass is 32.1. The molecule has 2 atom stereocenters. The Hall–Kier alpha value is -2.96. The van der Waals surface area contributed by atoms with Gasteiger partial charge in [-0.15, -0.1) is 11.3 Å². The lowest BCUT2D eigenvalue weighted by molar-refractivity contribution is 0.160. The lowest BCUT2D eigenvalue weighted by Gasteiger charge is -2.22. The SMILES string of the molecule is Cc1nc(N[C@H](C)[C@H](O)c2ccc(O)cc2)c2c(-c3ccccc3)csc2n1. The Balaban J connectivity index is 1.71. The van der Waals surface area contributed by atoms with Crippen LogP contribution in [0.3, 0.4) is 0 Å². The summed E-state index contributed by atoms with van der Waals surface area (Å²) < 4.78 is 0. The van der Waals surface area contributed by atoms with Crippen molar-refractivity contribution < 1.29 is 10.2 Å². The number of aliphatic hydroxyl groups is 1. The number of phenols is 1. The van der Waals surface area contributed by atoms with E-state index in [1.165, 1.54) is 0 Å². The number of nitrogens with one attached hydrogen (secondary N) is 1. The van der Waals surface area contributed by atoms with Crippen molar-refractivity contribution in [3.8, 4) is 16.9 Å². The zero-order valence-electron chi connectivity index (χ0n) is 15.6. The quantitative estimate of drug-likeness (QED) is 0.451. The van der Waals surface area contributed by atoms with Gasteiger partial charge >= 0.3 is 0 Å². The third-order valence-electron chi connectivity index (χ3n) is 4.70. The molecule has 28 heavy (non-hydrogen) atoms. The molecule has 0 aliphatic heterocycles. The average Bonchev–Trinajstić information content (AvgIpc) is 3.12. The van der Waals surface area contributed by atoms with Crippen LogP contribution in [0.5, 0.6) is 5.75 Å². The topological polar surface area (TPSA) is 78.3 Å². The maximum Gasteiger partial charge on any atom is 0.139 e. The highest BCUT2D eigenvalue weighted by Gasteiger charge is 2.20. The second-order valence-electron chi connectivity index (χ2n) is 6.78. The third kappa shape index (κ3) is 3.56. The van der Waals surface area contributed by atoms with Crippen LogP contribution in [-0.4, -0.2) is 26.2 Å². The van der Waals surface area contributed by atoms with Crippen molar-refractivity contribution in [1.82, 2.24) is 9.97 Å². The van der Waals surface area contributed by atoms with Gasteiger partial charge < -0.3 is 15.5 Å². The van der Waals surface area contributed by atoms with Gasteiger partial charge in [0.25, 0.3) is 0 Å². The van der Waals surface area contributed by atoms with Crippen molar-refractivity contribution >= 4 is 27.4 Å². The summed E-state index contributed by atoms with van der Waals surface area (Å²) in [5, 5.41) is 26.6. The Kier molecular flexibility index (Phi) is 4.98. The van der Waals surface area contributed by atoms with Gasteiger partial charge in [0.15, 0.2) is 0 Å². The van der Waals surface area contributed by atoms with Gasteiger partial charge in [0.05, 0.1) is 17.5 Å². The van der Waals surface area contributed by atoms with Gasteiger partial charge in [0.1, 0.15) is 22.2 Å². The van der Waals surface area contributed by atoms with Crippen molar-refractivity contribution in [2.45, 2.75) is 26.0 Å². The molecule has 3 N–H and O–H groups in total. The van der Waals surface area contributed by atoms with Gasteiger partial charge in [-0.3, -0.25) is 0 Å². The standard InChI is InChI=1S/C22H21N3O2S/c1-13(20(27)16-8-10-17(26)11-9-16)23-21-19-18(15-6-4-3-5-7-15)12-28-22(19)25-14(2)24-21/h3-13,20,26-27H,1-2H3,(H,23,24,25)/t13-,20+/m1/s1. The average molecular weight is 391 g/mol. The van der Waals surface area contributed by atoms with Crippen LogP contribution in [0.1, 0.15) is 24.4 Å². The molecule has 0 saturated heterocycles. The number of thiophene rings is 1. The fourth-order valence-electron chi connectivity index (χ4n) is 3.24. The van der Waals surface area contributed by atoms with E-state index in [9.17, 15) is 10.2 Å².